The predicted molar refractivity (Wildman–Crippen MR) is 68.9 cm³/mol. The first-order valence-corrected chi connectivity index (χ1v) is 6.27. The van der Waals surface area contributed by atoms with E-state index >= 15 is 0 Å². The summed E-state index contributed by atoms with van der Waals surface area (Å²) in [5.41, 5.74) is 2.04. The molecule has 0 radical (unpaired) electrons. The molecule has 0 spiro atoms. The van der Waals surface area contributed by atoms with Crippen molar-refractivity contribution in [3.05, 3.63) is 29.8 Å². The molecule has 0 amide bonds. The van der Waals surface area contributed by atoms with Gasteiger partial charge in [-0.3, -0.25) is 9.36 Å². The summed E-state index contributed by atoms with van der Waals surface area (Å²) >= 11 is 0. The lowest BCUT2D eigenvalue weighted by atomic mass is 10.1. The van der Waals surface area contributed by atoms with E-state index in [2.05, 4.69) is 27.7 Å². The van der Waals surface area contributed by atoms with E-state index in [1.165, 1.54) is 0 Å². The molecule has 6 nitrogen and oxygen atoms in total. The molecule has 0 aliphatic heterocycles. The Labute approximate surface area is 107 Å². The zero-order chi connectivity index (χ0) is 13.0. The van der Waals surface area contributed by atoms with Gasteiger partial charge in [-0.05, 0) is 19.0 Å². The third-order valence-corrected chi connectivity index (χ3v) is 2.80. The van der Waals surface area contributed by atoms with Crippen molar-refractivity contribution in [1.82, 2.24) is 30.1 Å². The molecule has 0 bridgehead atoms. The molecule has 0 aromatic carbocycles. The van der Waals surface area contributed by atoms with Crippen LogP contribution in [0.25, 0.3) is 0 Å². The van der Waals surface area contributed by atoms with Crippen molar-refractivity contribution in [1.29, 1.82) is 0 Å². The minimum atomic E-state index is 0.175. The summed E-state index contributed by atoms with van der Waals surface area (Å²) in [6.45, 7) is 3.12. The molecular formula is C12H20N6. The van der Waals surface area contributed by atoms with Gasteiger partial charge in [0, 0.05) is 32.9 Å². The lowest BCUT2D eigenvalue weighted by Crippen LogP contribution is -2.24. The highest BCUT2D eigenvalue weighted by atomic mass is 15.4. The Bertz CT molecular complexity index is 486. The quantitative estimate of drug-likeness (QED) is 0.822. The fraction of sp³-hybridized carbons (Fsp3) is 0.583. The molecular weight excluding hydrogens is 228 g/mol. The second kappa shape index (κ2) is 5.77. The third kappa shape index (κ3) is 3.16. The molecule has 0 fully saturated rings. The van der Waals surface area contributed by atoms with Crippen LogP contribution in [0, 0.1) is 0 Å². The van der Waals surface area contributed by atoms with E-state index in [0.29, 0.717) is 0 Å². The van der Waals surface area contributed by atoms with Crippen molar-refractivity contribution < 1.29 is 0 Å². The molecule has 0 saturated carbocycles. The van der Waals surface area contributed by atoms with E-state index in [4.69, 9.17) is 0 Å². The molecule has 1 N–H and O–H groups in total. The number of rotatable bonds is 6. The van der Waals surface area contributed by atoms with Crippen molar-refractivity contribution in [2.24, 2.45) is 14.1 Å². The normalized spacial score (nSPS) is 12.8. The van der Waals surface area contributed by atoms with Crippen LogP contribution in [0.4, 0.5) is 0 Å². The molecule has 1 atom stereocenters. The highest BCUT2D eigenvalue weighted by Crippen LogP contribution is 2.14. The minimum absolute atomic E-state index is 0.175. The van der Waals surface area contributed by atoms with E-state index in [9.17, 15) is 0 Å². The van der Waals surface area contributed by atoms with Gasteiger partial charge in [0.05, 0.1) is 17.4 Å². The van der Waals surface area contributed by atoms with Crippen LogP contribution in [0.3, 0.4) is 0 Å². The van der Waals surface area contributed by atoms with Gasteiger partial charge < -0.3 is 5.32 Å². The SMILES string of the molecule is CCCNC(Cc1ccn(C)n1)c1cn(C)nn1. The Morgan fingerprint density at radius 2 is 2.17 bits per heavy atom. The Morgan fingerprint density at radius 3 is 2.72 bits per heavy atom. The van der Waals surface area contributed by atoms with Crippen LogP contribution < -0.4 is 5.32 Å². The smallest absolute Gasteiger partial charge is 0.1000 e. The average Bonchev–Trinajstić information content (AvgIpc) is 2.93. The molecule has 2 aromatic heterocycles. The number of nitrogens with zero attached hydrogens (tertiary/aromatic N) is 5. The van der Waals surface area contributed by atoms with Gasteiger partial charge in [-0.25, -0.2) is 0 Å². The maximum Gasteiger partial charge on any atom is 0.1000 e. The van der Waals surface area contributed by atoms with Crippen LogP contribution in [0.5, 0.6) is 0 Å². The molecule has 2 heterocycles. The standard InChI is InChI=1S/C12H20N6/c1-4-6-13-11(12-9-18(3)16-14-12)8-10-5-7-17(2)15-10/h5,7,9,11,13H,4,6,8H2,1-3H3. The zero-order valence-electron chi connectivity index (χ0n) is 11.2. The summed E-state index contributed by atoms with van der Waals surface area (Å²) in [6.07, 6.45) is 5.84. The highest BCUT2D eigenvalue weighted by Gasteiger charge is 2.16. The van der Waals surface area contributed by atoms with Crippen LogP contribution in [-0.2, 0) is 20.5 Å². The van der Waals surface area contributed by atoms with E-state index < -0.39 is 0 Å². The number of hydrogen-bond donors (Lipinski definition) is 1. The zero-order valence-corrected chi connectivity index (χ0v) is 11.2. The Balaban J connectivity index is 2.09. The van der Waals surface area contributed by atoms with Crippen LogP contribution in [0.2, 0.25) is 0 Å². The molecule has 98 valence electrons. The average molecular weight is 248 g/mol. The van der Waals surface area contributed by atoms with E-state index in [1.807, 2.05) is 37.2 Å². The maximum absolute atomic E-state index is 4.41. The van der Waals surface area contributed by atoms with Gasteiger partial charge >= 0.3 is 0 Å². The summed E-state index contributed by atoms with van der Waals surface area (Å²) in [5.74, 6) is 0. The summed E-state index contributed by atoms with van der Waals surface area (Å²) in [5, 5.41) is 16.1. The Morgan fingerprint density at radius 1 is 1.33 bits per heavy atom. The first kappa shape index (κ1) is 12.8. The van der Waals surface area contributed by atoms with Gasteiger partial charge in [-0.1, -0.05) is 12.1 Å². The maximum atomic E-state index is 4.41. The summed E-state index contributed by atoms with van der Waals surface area (Å²) in [7, 11) is 3.81. The Hall–Kier alpha value is -1.69. The van der Waals surface area contributed by atoms with Gasteiger partial charge in [0.1, 0.15) is 0 Å². The monoisotopic (exact) mass is 248 g/mol. The van der Waals surface area contributed by atoms with Crippen LogP contribution in [0.15, 0.2) is 18.5 Å². The molecule has 0 aliphatic rings. The van der Waals surface area contributed by atoms with Crippen molar-refractivity contribution in [2.75, 3.05) is 6.54 Å². The first-order valence-electron chi connectivity index (χ1n) is 6.27. The van der Waals surface area contributed by atoms with Gasteiger partial charge in [-0.2, -0.15) is 5.10 Å². The molecule has 2 aromatic rings. The van der Waals surface area contributed by atoms with Crippen molar-refractivity contribution in [2.45, 2.75) is 25.8 Å². The van der Waals surface area contributed by atoms with Crippen molar-refractivity contribution in [3.63, 3.8) is 0 Å². The molecule has 6 heteroatoms. The third-order valence-electron chi connectivity index (χ3n) is 2.80. The summed E-state index contributed by atoms with van der Waals surface area (Å²) in [4.78, 5) is 0. The van der Waals surface area contributed by atoms with Gasteiger partial charge in [0.2, 0.25) is 0 Å². The highest BCUT2D eigenvalue weighted by molar-refractivity contribution is 5.08. The minimum Gasteiger partial charge on any atom is -0.308 e. The Kier molecular flexibility index (Phi) is 4.09. The van der Waals surface area contributed by atoms with Gasteiger partial charge in [-0.15, -0.1) is 5.10 Å². The second-order valence-electron chi connectivity index (χ2n) is 4.51. The van der Waals surface area contributed by atoms with Crippen LogP contribution in [0.1, 0.15) is 30.8 Å². The van der Waals surface area contributed by atoms with Crippen molar-refractivity contribution >= 4 is 0 Å². The topological polar surface area (TPSA) is 60.6 Å². The number of nitrogens with one attached hydrogen (secondary N) is 1. The molecule has 2 rings (SSSR count). The second-order valence-corrected chi connectivity index (χ2v) is 4.51. The van der Waals surface area contributed by atoms with E-state index in [0.717, 1.165) is 30.8 Å². The van der Waals surface area contributed by atoms with Gasteiger partial charge in [0.25, 0.3) is 0 Å². The van der Waals surface area contributed by atoms with Gasteiger partial charge in [0.15, 0.2) is 0 Å². The number of aromatic nitrogens is 5. The first-order chi connectivity index (χ1) is 8.69. The molecule has 18 heavy (non-hydrogen) atoms. The lowest BCUT2D eigenvalue weighted by molar-refractivity contribution is 0.509. The molecule has 0 aliphatic carbocycles. The van der Waals surface area contributed by atoms with E-state index in [1.54, 1.807) is 4.68 Å². The lowest BCUT2D eigenvalue weighted by Gasteiger charge is -2.14. The van der Waals surface area contributed by atoms with Crippen LogP contribution >= 0.6 is 0 Å². The fourth-order valence-electron chi connectivity index (χ4n) is 1.91. The van der Waals surface area contributed by atoms with Crippen LogP contribution in [-0.4, -0.2) is 31.3 Å². The molecule has 0 saturated heterocycles. The summed E-state index contributed by atoms with van der Waals surface area (Å²) < 4.78 is 3.55. The summed E-state index contributed by atoms with van der Waals surface area (Å²) in [6, 6.07) is 2.21. The van der Waals surface area contributed by atoms with Crippen molar-refractivity contribution in [3.8, 4) is 0 Å². The number of aryl methyl sites for hydroxylation is 2. The van der Waals surface area contributed by atoms with E-state index in [-0.39, 0.29) is 6.04 Å². The molecule has 1 unspecified atom stereocenters. The fourth-order valence-corrected chi connectivity index (χ4v) is 1.91. The number of hydrogen-bond acceptors (Lipinski definition) is 4. The predicted octanol–water partition coefficient (Wildman–Crippen LogP) is 0.832. The largest absolute Gasteiger partial charge is 0.308 e.